The van der Waals surface area contributed by atoms with Crippen LogP contribution in [0, 0.1) is 0 Å². The summed E-state index contributed by atoms with van der Waals surface area (Å²) in [5.74, 6) is -4.89. The van der Waals surface area contributed by atoms with Gasteiger partial charge in [-0.3, -0.25) is 9.59 Å². The van der Waals surface area contributed by atoms with Crippen LogP contribution in [0.3, 0.4) is 0 Å². The number of hydrogen-bond acceptors (Lipinski definition) is 8. The smallest absolute Gasteiger partial charge is 0.372 e. The highest BCUT2D eigenvalue weighted by molar-refractivity contribution is 6.32. The van der Waals surface area contributed by atoms with Crippen LogP contribution in [-0.2, 0) is 24.0 Å². The molecule has 0 aromatic heterocycles. The molecule has 0 saturated heterocycles. The molecule has 0 rings (SSSR count). The van der Waals surface area contributed by atoms with Crippen molar-refractivity contribution in [2.75, 3.05) is 13.2 Å². The van der Waals surface area contributed by atoms with E-state index < -0.39 is 42.6 Å². The van der Waals surface area contributed by atoms with Gasteiger partial charge in [0.2, 0.25) is 11.6 Å². The molecule has 0 fully saturated rings. The van der Waals surface area contributed by atoms with E-state index >= 15 is 0 Å². The number of aliphatic hydroxyl groups excluding tert-OH is 3. The molecular weight excluding hydrogens is 280 g/mol. The highest BCUT2D eigenvalue weighted by Gasteiger charge is 2.15. The van der Waals surface area contributed by atoms with Crippen molar-refractivity contribution in [2.24, 2.45) is 0 Å². The first-order valence-electron chi connectivity index (χ1n) is 4.97. The van der Waals surface area contributed by atoms with Crippen molar-refractivity contribution in [1.82, 2.24) is 0 Å². The number of carboxylic acids is 2. The van der Waals surface area contributed by atoms with Gasteiger partial charge in [0.25, 0.3) is 0 Å². The van der Waals surface area contributed by atoms with Gasteiger partial charge in [0.05, 0.1) is 19.3 Å². The Kier molecular flexibility index (Phi) is 17.1. The summed E-state index contributed by atoms with van der Waals surface area (Å²) in [7, 11) is 0. The Morgan fingerprint density at radius 1 is 1.05 bits per heavy atom. The number of carbonyl (C=O) groups is 5. The maximum absolute atomic E-state index is 10.2. The molecule has 20 heavy (non-hydrogen) atoms. The molecule has 0 spiro atoms. The van der Waals surface area contributed by atoms with Crippen LogP contribution in [0.25, 0.3) is 0 Å². The number of aldehydes is 1. The summed E-state index contributed by atoms with van der Waals surface area (Å²) in [4.78, 5) is 47.9. The average molecular weight is 296 g/mol. The fourth-order valence-electron chi connectivity index (χ4n) is 0.366. The quantitative estimate of drug-likeness (QED) is 0.253. The first-order chi connectivity index (χ1) is 9.13. The molecule has 10 heteroatoms. The molecular formula is C10H16O10. The topological polar surface area (TPSA) is 186 Å². The van der Waals surface area contributed by atoms with E-state index in [2.05, 4.69) is 0 Å². The molecule has 0 aromatic rings. The van der Waals surface area contributed by atoms with E-state index in [-0.39, 0.29) is 6.61 Å². The Hall–Kier alpha value is -2.17. The standard InChI is InChI=1S/C5H8O5.C3H4O3.C2H4O2/c6-2-3(7)1-4(8)5(9)10;1-2(4)3(5)6;3-1-2-4/h3,6-7H,1-2H2,(H,9,10);1H3,(H,5,6);1,4H,2H2. The lowest BCUT2D eigenvalue weighted by Crippen LogP contribution is -2.22. The first kappa shape index (κ1) is 23.0. The van der Waals surface area contributed by atoms with E-state index in [1.807, 2.05) is 0 Å². The molecule has 1 atom stereocenters. The zero-order valence-electron chi connectivity index (χ0n) is 10.6. The number of rotatable bonds is 6. The first-order valence-corrected chi connectivity index (χ1v) is 4.97. The zero-order valence-corrected chi connectivity index (χ0v) is 10.6. The van der Waals surface area contributed by atoms with Crippen molar-refractivity contribution in [1.29, 1.82) is 0 Å². The van der Waals surface area contributed by atoms with Crippen LogP contribution in [-0.4, -0.2) is 74.6 Å². The molecule has 0 bridgehead atoms. The van der Waals surface area contributed by atoms with Crippen LogP contribution >= 0.6 is 0 Å². The highest BCUT2D eigenvalue weighted by Crippen LogP contribution is 1.90. The Bertz CT molecular complexity index is 323. The molecule has 0 radical (unpaired) electrons. The average Bonchev–Trinajstić information content (AvgIpc) is 2.39. The second-order valence-corrected chi connectivity index (χ2v) is 2.98. The zero-order chi connectivity index (χ0) is 16.7. The molecule has 1 unspecified atom stereocenters. The van der Waals surface area contributed by atoms with Crippen molar-refractivity contribution < 1.29 is 49.5 Å². The van der Waals surface area contributed by atoms with Crippen LogP contribution in [0.15, 0.2) is 0 Å². The summed E-state index contributed by atoms with van der Waals surface area (Å²) in [5.41, 5.74) is 0. The van der Waals surface area contributed by atoms with Gasteiger partial charge in [0.15, 0.2) is 0 Å². The fourth-order valence-corrected chi connectivity index (χ4v) is 0.366. The molecule has 5 N–H and O–H groups in total. The van der Waals surface area contributed by atoms with Crippen LogP contribution in [0.4, 0.5) is 0 Å². The number of hydrogen-bond donors (Lipinski definition) is 5. The molecule has 0 heterocycles. The van der Waals surface area contributed by atoms with E-state index in [1.165, 1.54) is 0 Å². The lowest BCUT2D eigenvalue weighted by atomic mass is 10.2. The summed E-state index contributed by atoms with van der Waals surface area (Å²) < 4.78 is 0. The van der Waals surface area contributed by atoms with Crippen LogP contribution in [0.5, 0.6) is 0 Å². The normalized spacial score (nSPS) is 9.80. The van der Waals surface area contributed by atoms with E-state index in [4.69, 9.17) is 30.3 Å². The molecule has 0 saturated carbocycles. The SMILES string of the molecule is CC(=O)C(=O)O.O=C(O)C(=O)CC(O)CO.O=CCO. The van der Waals surface area contributed by atoms with Gasteiger partial charge in [-0.2, -0.15) is 0 Å². The minimum atomic E-state index is -1.59. The van der Waals surface area contributed by atoms with Gasteiger partial charge < -0.3 is 30.3 Å². The third-order valence-corrected chi connectivity index (χ3v) is 1.25. The van der Waals surface area contributed by atoms with E-state index in [0.29, 0.717) is 6.29 Å². The maximum Gasteiger partial charge on any atom is 0.372 e. The summed E-state index contributed by atoms with van der Waals surface area (Å²) in [5, 5.41) is 39.8. The summed E-state index contributed by atoms with van der Waals surface area (Å²) in [6, 6.07) is 0. The second-order valence-electron chi connectivity index (χ2n) is 2.98. The monoisotopic (exact) mass is 296 g/mol. The Morgan fingerprint density at radius 3 is 1.55 bits per heavy atom. The predicted octanol–water partition coefficient (Wildman–Crippen LogP) is -2.78. The Labute approximate surface area is 113 Å². The van der Waals surface area contributed by atoms with Crippen molar-refractivity contribution in [3.63, 3.8) is 0 Å². The van der Waals surface area contributed by atoms with Crippen LogP contribution in [0.2, 0.25) is 0 Å². The minimum Gasteiger partial charge on any atom is -0.476 e. The van der Waals surface area contributed by atoms with Crippen LogP contribution < -0.4 is 0 Å². The predicted molar refractivity (Wildman–Crippen MR) is 61.8 cm³/mol. The van der Waals surface area contributed by atoms with Crippen molar-refractivity contribution >= 4 is 29.8 Å². The lowest BCUT2D eigenvalue weighted by molar-refractivity contribution is -0.150. The fraction of sp³-hybridized carbons (Fsp3) is 0.500. The van der Waals surface area contributed by atoms with Gasteiger partial charge in [-0.05, 0) is 0 Å². The van der Waals surface area contributed by atoms with Gasteiger partial charge in [0.1, 0.15) is 6.29 Å². The van der Waals surface area contributed by atoms with E-state index in [0.717, 1.165) is 6.92 Å². The van der Waals surface area contributed by atoms with Crippen molar-refractivity contribution in [3.8, 4) is 0 Å². The number of Topliss-reactive ketones (excluding diaryl/α,β-unsaturated/α-hetero) is 2. The van der Waals surface area contributed by atoms with Crippen molar-refractivity contribution in [3.05, 3.63) is 0 Å². The second kappa shape index (κ2) is 14.9. The number of aliphatic hydroxyl groups is 3. The largest absolute Gasteiger partial charge is 0.476 e. The molecule has 0 amide bonds. The van der Waals surface area contributed by atoms with E-state index in [1.54, 1.807) is 0 Å². The number of ketones is 2. The minimum absolute atomic E-state index is 0.361. The highest BCUT2D eigenvalue weighted by atomic mass is 16.4. The maximum atomic E-state index is 10.2. The molecule has 0 aliphatic heterocycles. The Morgan fingerprint density at radius 2 is 1.40 bits per heavy atom. The summed E-state index contributed by atoms with van der Waals surface area (Å²) in [6.07, 6.45) is -1.37. The van der Waals surface area contributed by atoms with Gasteiger partial charge in [-0.15, -0.1) is 0 Å². The number of carbonyl (C=O) groups excluding carboxylic acids is 3. The van der Waals surface area contributed by atoms with Crippen LogP contribution in [0.1, 0.15) is 13.3 Å². The van der Waals surface area contributed by atoms with Gasteiger partial charge in [0, 0.05) is 13.3 Å². The third-order valence-electron chi connectivity index (χ3n) is 1.25. The molecule has 0 aliphatic rings. The third kappa shape index (κ3) is 21.1. The molecule has 0 aromatic carbocycles. The lowest BCUT2D eigenvalue weighted by Gasteiger charge is -2.01. The van der Waals surface area contributed by atoms with Gasteiger partial charge in [-0.25, -0.2) is 9.59 Å². The summed E-state index contributed by atoms with van der Waals surface area (Å²) >= 11 is 0. The number of aliphatic carboxylic acids is 2. The number of carboxylic acid groups (broad SMARTS) is 2. The van der Waals surface area contributed by atoms with E-state index in [9.17, 15) is 19.2 Å². The van der Waals surface area contributed by atoms with Gasteiger partial charge in [-0.1, -0.05) is 0 Å². The van der Waals surface area contributed by atoms with Crippen molar-refractivity contribution in [2.45, 2.75) is 19.4 Å². The molecule has 116 valence electrons. The molecule has 0 aliphatic carbocycles. The summed E-state index contributed by atoms with van der Waals surface area (Å²) in [6.45, 7) is 0.0430. The molecule has 10 nitrogen and oxygen atoms in total. The Balaban J connectivity index is -0.000000246. The van der Waals surface area contributed by atoms with Gasteiger partial charge >= 0.3 is 11.9 Å².